The number of methoxy groups -OCH3 is 3. The number of benzene rings is 1. The lowest BCUT2D eigenvalue weighted by molar-refractivity contribution is -0.147. The van der Waals surface area contributed by atoms with Crippen molar-refractivity contribution < 1.29 is 28.6 Å². The van der Waals surface area contributed by atoms with E-state index < -0.39 is 23.4 Å². The number of amides is 3. The number of nitrogens with zero attached hydrogens (tertiary/aromatic N) is 1. The lowest BCUT2D eigenvalue weighted by Gasteiger charge is -2.43. The van der Waals surface area contributed by atoms with Crippen molar-refractivity contribution in [1.82, 2.24) is 10.2 Å². The van der Waals surface area contributed by atoms with Gasteiger partial charge in [0.15, 0.2) is 11.5 Å². The summed E-state index contributed by atoms with van der Waals surface area (Å²) in [5.41, 5.74) is 5.46. The minimum atomic E-state index is -0.983. The van der Waals surface area contributed by atoms with Gasteiger partial charge in [-0.2, -0.15) is 0 Å². The number of hydrogen-bond donors (Lipinski definition) is 2. The Kier molecular flexibility index (Phi) is 8.49. The fourth-order valence-corrected chi connectivity index (χ4v) is 6.29. The molecule has 2 saturated carbocycles. The molecular formula is C28H41N3O6. The maximum absolute atomic E-state index is 14.4. The molecule has 0 aromatic heterocycles. The fraction of sp³-hybridized carbons (Fsp3) is 0.679. The number of nitrogens with one attached hydrogen (secondary N) is 1. The summed E-state index contributed by atoms with van der Waals surface area (Å²) in [7, 11) is 4.69. The van der Waals surface area contributed by atoms with Gasteiger partial charge in [-0.05, 0) is 75.0 Å². The SMILES string of the molecule is COc1cc(C(C(=O)N2CCCCC2C(=O)NC2(C(N)=O)CCC2)C2CCCCC2)cc(OC)c1OC. The zero-order chi connectivity index (χ0) is 26.6. The van der Waals surface area contributed by atoms with Gasteiger partial charge in [-0.25, -0.2) is 0 Å². The third-order valence-corrected chi connectivity index (χ3v) is 8.56. The molecule has 4 rings (SSSR count). The summed E-state index contributed by atoms with van der Waals surface area (Å²) >= 11 is 0. The maximum atomic E-state index is 14.4. The molecule has 37 heavy (non-hydrogen) atoms. The van der Waals surface area contributed by atoms with Crippen molar-refractivity contribution >= 4 is 17.7 Å². The second-order valence-electron chi connectivity index (χ2n) is 10.7. The average Bonchev–Trinajstić information content (AvgIpc) is 2.90. The van der Waals surface area contributed by atoms with Gasteiger partial charge in [0.1, 0.15) is 11.6 Å². The minimum absolute atomic E-state index is 0.0530. The van der Waals surface area contributed by atoms with Crippen molar-refractivity contribution in [3.05, 3.63) is 17.7 Å². The highest BCUT2D eigenvalue weighted by atomic mass is 16.5. The highest BCUT2D eigenvalue weighted by Crippen LogP contribution is 2.45. The standard InChI is InChI=1S/C28H41N3O6/c1-35-21-16-19(17-22(36-2)24(21)37-3)23(18-10-5-4-6-11-18)26(33)31-15-8-7-12-20(31)25(32)30-28(27(29)34)13-9-14-28/h16-18,20,23H,4-15H2,1-3H3,(H2,29,34)(H,30,32). The lowest BCUT2D eigenvalue weighted by Crippen LogP contribution is -2.65. The Balaban J connectivity index is 1.68. The number of piperidine rings is 1. The van der Waals surface area contributed by atoms with E-state index in [1.807, 2.05) is 12.1 Å². The molecule has 9 nitrogen and oxygen atoms in total. The van der Waals surface area contributed by atoms with E-state index in [2.05, 4.69) is 5.32 Å². The fourth-order valence-electron chi connectivity index (χ4n) is 6.29. The number of ether oxygens (including phenoxy) is 3. The van der Waals surface area contributed by atoms with Crippen LogP contribution in [-0.2, 0) is 14.4 Å². The van der Waals surface area contributed by atoms with E-state index in [0.717, 1.165) is 56.9 Å². The molecule has 0 spiro atoms. The molecule has 1 aromatic carbocycles. The second-order valence-corrected chi connectivity index (χ2v) is 10.7. The zero-order valence-electron chi connectivity index (χ0n) is 22.3. The molecule has 3 fully saturated rings. The van der Waals surface area contributed by atoms with Gasteiger partial charge in [0.25, 0.3) is 0 Å². The first-order valence-electron chi connectivity index (χ1n) is 13.6. The van der Waals surface area contributed by atoms with Crippen LogP contribution in [0.15, 0.2) is 12.1 Å². The molecule has 1 aliphatic heterocycles. The van der Waals surface area contributed by atoms with Gasteiger partial charge in [-0.15, -0.1) is 0 Å². The Morgan fingerprint density at radius 1 is 0.919 bits per heavy atom. The number of carbonyl (C=O) groups is 3. The summed E-state index contributed by atoms with van der Waals surface area (Å²) in [6, 6.07) is 3.12. The van der Waals surface area contributed by atoms with E-state index in [-0.39, 0.29) is 17.7 Å². The molecule has 3 aliphatic rings. The molecule has 9 heteroatoms. The second kappa shape index (κ2) is 11.6. The smallest absolute Gasteiger partial charge is 0.243 e. The van der Waals surface area contributed by atoms with Crippen molar-refractivity contribution in [1.29, 1.82) is 0 Å². The van der Waals surface area contributed by atoms with Crippen molar-refractivity contribution in [3.8, 4) is 17.2 Å². The summed E-state index contributed by atoms with van der Waals surface area (Å²) < 4.78 is 16.7. The molecule has 1 aromatic rings. The van der Waals surface area contributed by atoms with E-state index >= 15 is 0 Å². The molecule has 2 unspecified atom stereocenters. The quantitative estimate of drug-likeness (QED) is 0.521. The van der Waals surface area contributed by atoms with Crippen LogP contribution in [0.1, 0.15) is 82.1 Å². The first-order chi connectivity index (χ1) is 17.8. The van der Waals surface area contributed by atoms with Crippen LogP contribution in [-0.4, -0.2) is 62.1 Å². The van der Waals surface area contributed by atoms with Gasteiger partial charge >= 0.3 is 0 Å². The molecular weight excluding hydrogens is 474 g/mol. The minimum Gasteiger partial charge on any atom is -0.493 e. The predicted octanol–water partition coefficient (Wildman–Crippen LogP) is 3.28. The Labute approximate surface area is 219 Å². The van der Waals surface area contributed by atoms with Gasteiger partial charge in [-0.1, -0.05) is 19.3 Å². The monoisotopic (exact) mass is 515 g/mol. The average molecular weight is 516 g/mol. The van der Waals surface area contributed by atoms with E-state index in [1.165, 1.54) is 0 Å². The van der Waals surface area contributed by atoms with Crippen LogP contribution in [0, 0.1) is 5.92 Å². The largest absolute Gasteiger partial charge is 0.493 e. The van der Waals surface area contributed by atoms with Crippen molar-refractivity contribution in [2.24, 2.45) is 11.7 Å². The molecule has 3 amide bonds. The third-order valence-electron chi connectivity index (χ3n) is 8.56. The van der Waals surface area contributed by atoms with Crippen LogP contribution in [0.4, 0.5) is 0 Å². The third kappa shape index (κ3) is 5.36. The topological polar surface area (TPSA) is 120 Å². The number of rotatable bonds is 9. The van der Waals surface area contributed by atoms with Gasteiger partial charge in [0.05, 0.1) is 27.2 Å². The summed E-state index contributed by atoms with van der Waals surface area (Å²) in [6.07, 6.45) is 9.40. The van der Waals surface area contributed by atoms with Gasteiger partial charge in [0, 0.05) is 6.54 Å². The Morgan fingerprint density at radius 2 is 1.54 bits per heavy atom. The summed E-state index contributed by atoms with van der Waals surface area (Å²) in [5.74, 6) is 0.379. The van der Waals surface area contributed by atoms with Crippen LogP contribution in [0.25, 0.3) is 0 Å². The molecule has 0 bridgehead atoms. The number of hydrogen-bond acceptors (Lipinski definition) is 6. The molecule has 1 heterocycles. The summed E-state index contributed by atoms with van der Waals surface area (Å²) in [5, 5.41) is 2.93. The molecule has 3 N–H and O–H groups in total. The molecule has 2 atom stereocenters. The molecule has 1 saturated heterocycles. The van der Waals surface area contributed by atoms with Crippen molar-refractivity contribution in [2.75, 3.05) is 27.9 Å². The highest BCUT2D eigenvalue weighted by molar-refractivity contribution is 5.95. The lowest BCUT2D eigenvalue weighted by atomic mass is 9.75. The van der Waals surface area contributed by atoms with Gasteiger partial charge in [-0.3, -0.25) is 14.4 Å². The number of nitrogens with two attached hydrogens (primary N) is 1. The van der Waals surface area contributed by atoms with E-state index in [4.69, 9.17) is 19.9 Å². The molecule has 0 radical (unpaired) electrons. The maximum Gasteiger partial charge on any atom is 0.243 e. The van der Waals surface area contributed by atoms with Gasteiger partial charge in [0.2, 0.25) is 23.5 Å². The van der Waals surface area contributed by atoms with E-state index in [9.17, 15) is 14.4 Å². The molecule has 204 valence electrons. The van der Waals surface area contributed by atoms with Crippen LogP contribution in [0.5, 0.6) is 17.2 Å². The zero-order valence-corrected chi connectivity index (χ0v) is 22.3. The van der Waals surface area contributed by atoms with Crippen LogP contribution < -0.4 is 25.3 Å². The van der Waals surface area contributed by atoms with Crippen molar-refractivity contribution in [2.45, 2.75) is 88.1 Å². The van der Waals surface area contributed by atoms with E-state index in [0.29, 0.717) is 43.1 Å². The highest BCUT2D eigenvalue weighted by Gasteiger charge is 2.47. The summed E-state index contributed by atoms with van der Waals surface area (Å²) in [6.45, 7) is 0.508. The van der Waals surface area contributed by atoms with Gasteiger partial charge < -0.3 is 30.2 Å². The number of carbonyl (C=O) groups excluding carboxylic acids is 3. The van der Waals surface area contributed by atoms with Crippen LogP contribution >= 0.6 is 0 Å². The predicted molar refractivity (Wildman–Crippen MR) is 139 cm³/mol. The Morgan fingerprint density at radius 3 is 2.05 bits per heavy atom. The van der Waals surface area contributed by atoms with E-state index in [1.54, 1.807) is 26.2 Å². The van der Waals surface area contributed by atoms with Crippen LogP contribution in [0.3, 0.4) is 0 Å². The molecule has 2 aliphatic carbocycles. The first kappa shape index (κ1) is 27.1. The Hall–Kier alpha value is -2.97. The Bertz CT molecular complexity index is 977. The van der Waals surface area contributed by atoms with Crippen LogP contribution in [0.2, 0.25) is 0 Å². The number of primary amides is 1. The number of likely N-dealkylation sites (tertiary alicyclic amines) is 1. The summed E-state index contributed by atoms with van der Waals surface area (Å²) in [4.78, 5) is 41.7. The first-order valence-corrected chi connectivity index (χ1v) is 13.6. The van der Waals surface area contributed by atoms with Crippen molar-refractivity contribution in [3.63, 3.8) is 0 Å². The normalized spacial score (nSPS) is 22.4.